The Morgan fingerprint density at radius 1 is 0.970 bits per heavy atom. The molecule has 0 aromatic heterocycles. The molecule has 2 aromatic rings. The Kier molecular flexibility index (Phi) is 6.83. The van der Waals surface area contributed by atoms with Gasteiger partial charge in [-0.15, -0.1) is 0 Å². The number of benzene rings is 2. The minimum absolute atomic E-state index is 0.0548. The molecule has 2 aliphatic heterocycles. The van der Waals surface area contributed by atoms with E-state index in [2.05, 4.69) is 10.2 Å². The number of amides is 2. The number of anilines is 1. The summed E-state index contributed by atoms with van der Waals surface area (Å²) in [6.45, 7) is 4.45. The van der Waals surface area contributed by atoms with Crippen LogP contribution in [0.1, 0.15) is 30.5 Å². The minimum Gasteiger partial charge on any atom is -0.335 e. The largest absolute Gasteiger partial charge is 0.335 e. The number of sulfonamides is 1. The monoisotopic (exact) mass is 470 g/mol. The van der Waals surface area contributed by atoms with E-state index in [1.165, 1.54) is 23.4 Å². The Balaban J connectivity index is 1.44. The molecule has 2 aromatic carbocycles. The Morgan fingerprint density at radius 3 is 2.30 bits per heavy atom. The molecule has 0 radical (unpaired) electrons. The van der Waals surface area contributed by atoms with Crippen molar-refractivity contribution in [3.8, 4) is 0 Å². The van der Waals surface area contributed by atoms with Crippen LogP contribution in [0, 0.1) is 0 Å². The summed E-state index contributed by atoms with van der Waals surface area (Å²) >= 11 is 0. The third-order valence-corrected chi connectivity index (χ3v) is 8.35. The second-order valence-electron chi connectivity index (χ2n) is 8.66. The van der Waals surface area contributed by atoms with Crippen LogP contribution in [0.4, 0.5) is 5.69 Å². The molecular weight excluding hydrogens is 440 g/mol. The fraction of sp³-hybridized carbons (Fsp3) is 0.417. The number of likely N-dealkylation sites (N-methyl/N-ethyl adjacent to an activating group) is 1. The van der Waals surface area contributed by atoms with Gasteiger partial charge in [0.2, 0.25) is 21.8 Å². The van der Waals surface area contributed by atoms with Crippen LogP contribution in [0.25, 0.3) is 0 Å². The van der Waals surface area contributed by atoms with Crippen LogP contribution in [0.3, 0.4) is 0 Å². The van der Waals surface area contributed by atoms with Crippen LogP contribution in [-0.2, 0) is 26.0 Å². The van der Waals surface area contributed by atoms with Gasteiger partial charge in [-0.05, 0) is 48.9 Å². The van der Waals surface area contributed by atoms with E-state index in [1.807, 2.05) is 31.3 Å². The van der Waals surface area contributed by atoms with Crippen molar-refractivity contribution >= 4 is 27.5 Å². The lowest BCUT2D eigenvalue weighted by molar-refractivity contribution is -0.132. The fourth-order valence-corrected chi connectivity index (χ4v) is 5.95. The van der Waals surface area contributed by atoms with Gasteiger partial charge in [-0.1, -0.05) is 24.3 Å². The van der Waals surface area contributed by atoms with Crippen molar-refractivity contribution < 1.29 is 18.0 Å². The van der Waals surface area contributed by atoms with Gasteiger partial charge in [0.15, 0.2) is 0 Å². The number of nitrogens with zero attached hydrogens (tertiary/aromatic N) is 3. The molecule has 0 bridgehead atoms. The Morgan fingerprint density at radius 2 is 1.64 bits per heavy atom. The summed E-state index contributed by atoms with van der Waals surface area (Å²) in [4.78, 5) is 29.1. The average Bonchev–Trinajstić information content (AvgIpc) is 2.79. The first-order valence-corrected chi connectivity index (χ1v) is 12.6. The molecule has 0 spiro atoms. The zero-order valence-corrected chi connectivity index (χ0v) is 19.8. The predicted molar refractivity (Wildman–Crippen MR) is 126 cm³/mol. The van der Waals surface area contributed by atoms with E-state index in [1.54, 1.807) is 17.0 Å². The smallest absolute Gasteiger partial charge is 0.243 e. The van der Waals surface area contributed by atoms with Crippen molar-refractivity contribution in [1.82, 2.24) is 14.1 Å². The molecule has 0 saturated carbocycles. The molecular formula is C24H30N4O4S. The predicted octanol–water partition coefficient (Wildman–Crippen LogP) is 2.10. The minimum atomic E-state index is -3.55. The van der Waals surface area contributed by atoms with E-state index in [9.17, 15) is 18.0 Å². The second-order valence-corrected chi connectivity index (χ2v) is 10.6. The third kappa shape index (κ3) is 5.10. The van der Waals surface area contributed by atoms with Crippen molar-refractivity contribution in [2.45, 2.75) is 30.7 Å². The molecule has 0 aliphatic carbocycles. The van der Waals surface area contributed by atoms with Crippen LogP contribution in [0.5, 0.6) is 0 Å². The number of fused-ring (bicyclic) bond motifs is 1. The summed E-state index contributed by atoms with van der Waals surface area (Å²) in [5.41, 5.74) is 2.68. The number of carbonyl (C=O) groups excluding carboxylic acids is 2. The molecule has 1 unspecified atom stereocenters. The lowest BCUT2D eigenvalue weighted by atomic mass is 9.90. The first-order valence-electron chi connectivity index (χ1n) is 11.2. The highest BCUT2D eigenvalue weighted by atomic mass is 32.2. The van der Waals surface area contributed by atoms with Crippen LogP contribution in [0.15, 0.2) is 53.4 Å². The highest BCUT2D eigenvalue weighted by molar-refractivity contribution is 7.89. The molecule has 1 atom stereocenters. The van der Waals surface area contributed by atoms with E-state index < -0.39 is 10.0 Å². The standard InChI is InChI=1S/C24H30N4O4S/c1-18(29)28-12-11-19-5-3-4-6-22(19)23(28)17-24(30)25-20-7-9-21(10-8-20)33(31,32)27-15-13-26(2)14-16-27/h3-10,23H,11-17H2,1-2H3,(H,25,30). The molecule has 2 amide bonds. The van der Waals surface area contributed by atoms with Crippen LogP contribution >= 0.6 is 0 Å². The van der Waals surface area contributed by atoms with E-state index in [0.717, 1.165) is 17.5 Å². The normalized spacial score (nSPS) is 19.7. The number of hydrogen-bond acceptors (Lipinski definition) is 5. The molecule has 1 fully saturated rings. The van der Waals surface area contributed by atoms with Gasteiger partial charge in [0.25, 0.3) is 0 Å². The lowest BCUT2D eigenvalue weighted by Crippen LogP contribution is -2.46. The molecule has 2 heterocycles. The molecule has 33 heavy (non-hydrogen) atoms. The molecule has 9 heteroatoms. The zero-order valence-electron chi connectivity index (χ0n) is 19.0. The van der Waals surface area contributed by atoms with Crippen LogP contribution < -0.4 is 5.32 Å². The molecule has 4 rings (SSSR count). The van der Waals surface area contributed by atoms with Gasteiger partial charge in [0, 0.05) is 45.3 Å². The van der Waals surface area contributed by atoms with Gasteiger partial charge in [0.1, 0.15) is 0 Å². The summed E-state index contributed by atoms with van der Waals surface area (Å²) in [6, 6.07) is 13.9. The maximum Gasteiger partial charge on any atom is 0.243 e. The van der Waals surface area contributed by atoms with Gasteiger partial charge in [-0.25, -0.2) is 8.42 Å². The summed E-state index contributed by atoms with van der Waals surface area (Å²) in [6.07, 6.45) is 0.912. The second kappa shape index (κ2) is 9.62. The molecule has 176 valence electrons. The topological polar surface area (TPSA) is 90.0 Å². The Hall–Kier alpha value is -2.75. The van der Waals surface area contributed by atoms with Crippen molar-refractivity contribution in [3.05, 3.63) is 59.7 Å². The summed E-state index contributed by atoms with van der Waals surface area (Å²) in [5.74, 6) is -0.279. The van der Waals surface area contributed by atoms with Crippen molar-refractivity contribution in [2.24, 2.45) is 0 Å². The highest BCUT2D eigenvalue weighted by Gasteiger charge is 2.31. The number of piperazine rings is 1. The quantitative estimate of drug-likeness (QED) is 0.723. The van der Waals surface area contributed by atoms with Gasteiger partial charge in [0.05, 0.1) is 17.4 Å². The fourth-order valence-electron chi connectivity index (χ4n) is 4.52. The van der Waals surface area contributed by atoms with Gasteiger partial charge < -0.3 is 15.1 Å². The number of rotatable bonds is 5. The van der Waals surface area contributed by atoms with Crippen LogP contribution in [0.2, 0.25) is 0 Å². The lowest BCUT2D eigenvalue weighted by Gasteiger charge is -2.36. The maximum absolute atomic E-state index is 12.9. The molecule has 1 saturated heterocycles. The van der Waals surface area contributed by atoms with Gasteiger partial charge in [-0.2, -0.15) is 4.31 Å². The zero-order chi connectivity index (χ0) is 23.6. The van der Waals surface area contributed by atoms with Crippen molar-refractivity contribution in [1.29, 1.82) is 0 Å². The van der Waals surface area contributed by atoms with E-state index in [-0.39, 0.29) is 29.2 Å². The van der Waals surface area contributed by atoms with E-state index in [0.29, 0.717) is 38.4 Å². The number of carbonyl (C=O) groups is 2. The van der Waals surface area contributed by atoms with Gasteiger partial charge in [-0.3, -0.25) is 9.59 Å². The highest BCUT2D eigenvalue weighted by Crippen LogP contribution is 2.32. The average molecular weight is 471 g/mol. The Labute approximate surface area is 195 Å². The third-order valence-electron chi connectivity index (χ3n) is 6.43. The first kappa shape index (κ1) is 23.4. The van der Waals surface area contributed by atoms with E-state index in [4.69, 9.17) is 0 Å². The molecule has 2 aliphatic rings. The number of nitrogens with one attached hydrogen (secondary N) is 1. The van der Waals surface area contributed by atoms with E-state index >= 15 is 0 Å². The van der Waals surface area contributed by atoms with Crippen molar-refractivity contribution in [3.63, 3.8) is 0 Å². The maximum atomic E-state index is 12.9. The Bertz CT molecular complexity index is 1130. The SMILES string of the molecule is CC(=O)N1CCc2ccccc2C1CC(=O)Nc1ccc(S(=O)(=O)N2CCN(C)CC2)cc1. The summed E-state index contributed by atoms with van der Waals surface area (Å²) in [7, 11) is -1.58. The van der Waals surface area contributed by atoms with Gasteiger partial charge >= 0.3 is 0 Å². The van der Waals surface area contributed by atoms with Crippen LogP contribution in [-0.4, -0.2) is 74.1 Å². The summed E-state index contributed by atoms with van der Waals surface area (Å²) in [5, 5.41) is 2.85. The van der Waals surface area contributed by atoms with Crippen molar-refractivity contribution in [2.75, 3.05) is 45.1 Å². The molecule has 8 nitrogen and oxygen atoms in total. The summed E-state index contributed by atoms with van der Waals surface area (Å²) < 4.78 is 27.3. The first-order chi connectivity index (χ1) is 15.8. The number of hydrogen-bond donors (Lipinski definition) is 1. The molecule has 1 N–H and O–H groups in total.